The molecule has 0 saturated heterocycles. The molecular formula is C10H16O4. The molecule has 0 aliphatic heterocycles. The van der Waals surface area contributed by atoms with E-state index in [1.54, 1.807) is 7.11 Å². The maximum Gasteiger partial charge on any atom is 0.316 e. The van der Waals surface area contributed by atoms with E-state index < -0.39 is 11.9 Å². The summed E-state index contributed by atoms with van der Waals surface area (Å²) in [6.45, 7) is 0.597. The molecule has 2 atom stereocenters. The fraction of sp³-hybridized carbons (Fsp3) is 0.800. The fourth-order valence-electron chi connectivity index (χ4n) is 1.86. The summed E-state index contributed by atoms with van der Waals surface area (Å²) in [7, 11) is 2.94. The van der Waals surface area contributed by atoms with E-state index in [0.717, 1.165) is 6.42 Å². The van der Waals surface area contributed by atoms with E-state index in [-0.39, 0.29) is 11.7 Å². The normalized spacial score (nSPS) is 27.4. The third kappa shape index (κ3) is 2.54. The molecule has 80 valence electrons. The highest BCUT2D eigenvalue weighted by atomic mass is 16.5. The van der Waals surface area contributed by atoms with Crippen LogP contribution in [0.4, 0.5) is 0 Å². The highest BCUT2D eigenvalue weighted by Crippen LogP contribution is 2.26. The second-order valence-corrected chi connectivity index (χ2v) is 3.64. The molecule has 14 heavy (non-hydrogen) atoms. The third-order valence-electron chi connectivity index (χ3n) is 2.63. The SMILES string of the molecule is COCC1CCC(C(=O)OC)C(=O)C1. The van der Waals surface area contributed by atoms with Gasteiger partial charge in [0, 0.05) is 20.1 Å². The van der Waals surface area contributed by atoms with Crippen LogP contribution in [0.15, 0.2) is 0 Å². The van der Waals surface area contributed by atoms with Crippen LogP contribution in [0.5, 0.6) is 0 Å². The van der Waals surface area contributed by atoms with Gasteiger partial charge in [0.2, 0.25) is 0 Å². The Hall–Kier alpha value is -0.900. The van der Waals surface area contributed by atoms with Gasteiger partial charge in [0.15, 0.2) is 0 Å². The smallest absolute Gasteiger partial charge is 0.316 e. The molecule has 2 unspecified atom stereocenters. The second kappa shape index (κ2) is 5.10. The van der Waals surface area contributed by atoms with Crippen LogP contribution in [0.3, 0.4) is 0 Å². The minimum absolute atomic E-state index is 0.00912. The number of methoxy groups -OCH3 is 2. The number of ketones is 1. The average molecular weight is 200 g/mol. The molecule has 4 nitrogen and oxygen atoms in total. The van der Waals surface area contributed by atoms with Crippen molar-refractivity contribution < 1.29 is 19.1 Å². The van der Waals surface area contributed by atoms with Crippen molar-refractivity contribution >= 4 is 11.8 Å². The first-order valence-corrected chi connectivity index (χ1v) is 4.78. The van der Waals surface area contributed by atoms with E-state index in [1.165, 1.54) is 7.11 Å². The summed E-state index contributed by atoms with van der Waals surface area (Å²) in [6.07, 6.45) is 1.90. The van der Waals surface area contributed by atoms with E-state index in [9.17, 15) is 9.59 Å². The summed E-state index contributed by atoms with van der Waals surface area (Å²) in [5.41, 5.74) is 0. The van der Waals surface area contributed by atoms with Gasteiger partial charge in [-0.25, -0.2) is 0 Å². The lowest BCUT2D eigenvalue weighted by atomic mass is 9.81. The average Bonchev–Trinajstić information content (AvgIpc) is 2.17. The van der Waals surface area contributed by atoms with Crippen LogP contribution in [0.2, 0.25) is 0 Å². The molecular weight excluding hydrogens is 184 g/mol. The van der Waals surface area contributed by atoms with Crippen LogP contribution in [-0.4, -0.2) is 32.6 Å². The first-order chi connectivity index (χ1) is 6.69. The van der Waals surface area contributed by atoms with E-state index in [2.05, 4.69) is 4.74 Å². The number of Topliss-reactive ketones (excluding diaryl/α,β-unsaturated/α-hetero) is 1. The van der Waals surface area contributed by atoms with Crippen LogP contribution in [0.25, 0.3) is 0 Å². The Bertz CT molecular complexity index is 224. The molecule has 0 bridgehead atoms. The number of esters is 1. The van der Waals surface area contributed by atoms with Gasteiger partial charge in [0.05, 0.1) is 7.11 Å². The topological polar surface area (TPSA) is 52.6 Å². The summed E-state index contributed by atoms with van der Waals surface area (Å²) < 4.78 is 9.55. The summed E-state index contributed by atoms with van der Waals surface area (Å²) in [5, 5.41) is 0. The molecule has 0 heterocycles. The van der Waals surface area contributed by atoms with Gasteiger partial charge in [-0.05, 0) is 18.8 Å². The van der Waals surface area contributed by atoms with Crippen molar-refractivity contribution in [3.63, 3.8) is 0 Å². The zero-order valence-electron chi connectivity index (χ0n) is 8.62. The molecule has 0 aromatic rings. The van der Waals surface area contributed by atoms with Crippen molar-refractivity contribution in [1.82, 2.24) is 0 Å². The van der Waals surface area contributed by atoms with Crippen LogP contribution in [0, 0.1) is 11.8 Å². The standard InChI is InChI=1S/C10H16O4/c1-13-6-7-3-4-8(9(11)5-7)10(12)14-2/h7-8H,3-6H2,1-2H3. The van der Waals surface area contributed by atoms with Crippen LogP contribution >= 0.6 is 0 Å². The van der Waals surface area contributed by atoms with Crippen LogP contribution < -0.4 is 0 Å². The van der Waals surface area contributed by atoms with Crippen molar-refractivity contribution in [2.24, 2.45) is 11.8 Å². The summed E-state index contributed by atoms with van der Waals surface area (Å²) >= 11 is 0. The van der Waals surface area contributed by atoms with Gasteiger partial charge in [0.25, 0.3) is 0 Å². The number of hydrogen-bond acceptors (Lipinski definition) is 4. The van der Waals surface area contributed by atoms with Crippen molar-refractivity contribution in [2.45, 2.75) is 19.3 Å². The van der Waals surface area contributed by atoms with E-state index >= 15 is 0 Å². The lowest BCUT2D eigenvalue weighted by molar-refractivity contribution is -0.151. The Morgan fingerprint density at radius 3 is 2.64 bits per heavy atom. The maximum atomic E-state index is 11.5. The number of carbonyl (C=O) groups is 2. The zero-order valence-corrected chi connectivity index (χ0v) is 8.62. The predicted molar refractivity (Wildman–Crippen MR) is 49.7 cm³/mol. The third-order valence-corrected chi connectivity index (χ3v) is 2.63. The second-order valence-electron chi connectivity index (χ2n) is 3.64. The molecule has 1 aliphatic carbocycles. The molecule has 1 saturated carbocycles. The Labute approximate surface area is 83.6 Å². The molecule has 1 aliphatic rings. The summed E-state index contributed by atoms with van der Waals surface area (Å²) in [6, 6.07) is 0. The Morgan fingerprint density at radius 1 is 1.43 bits per heavy atom. The highest BCUT2D eigenvalue weighted by Gasteiger charge is 2.33. The van der Waals surface area contributed by atoms with Gasteiger partial charge in [-0.3, -0.25) is 9.59 Å². The van der Waals surface area contributed by atoms with Crippen molar-refractivity contribution in [3.05, 3.63) is 0 Å². The Balaban J connectivity index is 2.48. The maximum absolute atomic E-state index is 11.5. The number of rotatable bonds is 3. The molecule has 0 spiro atoms. The van der Waals surface area contributed by atoms with Crippen LogP contribution in [0.1, 0.15) is 19.3 Å². The lowest BCUT2D eigenvalue weighted by Crippen LogP contribution is -2.33. The first kappa shape index (κ1) is 11.2. The zero-order chi connectivity index (χ0) is 10.6. The first-order valence-electron chi connectivity index (χ1n) is 4.78. The number of carbonyl (C=O) groups excluding carboxylic acids is 2. The highest BCUT2D eigenvalue weighted by molar-refractivity contribution is 5.99. The molecule has 0 amide bonds. The summed E-state index contributed by atoms with van der Waals surface area (Å²) in [4.78, 5) is 22.7. The van der Waals surface area contributed by atoms with Crippen molar-refractivity contribution in [3.8, 4) is 0 Å². The largest absolute Gasteiger partial charge is 0.468 e. The van der Waals surface area contributed by atoms with E-state index in [0.29, 0.717) is 19.4 Å². The Kier molecular flexibility index (Phi) is 4.07. The van der Waals surface area contributed by atoms with Crippen LogP contribution in [-0.2, 0) is 19.1 Å². The quantitative estimate of drug-likeness (QED) is 0.499. The molecule has 0 aromatic heterocycles. The molecule has 4 heteroatoms. The lowest BCUT2D eigenvalue weighted by Gasteiger charge is -2.25. The molecule has 1 rings (SSSR count). The number of ether oxygens (including phenoxy) is 2. The molecule has 1 fully saturated rings. The molecule has 0 radical (unpaired) electrons. The van der Waals surface area contributed by atoms with Crippen molar-refractivity contribution in [1.29, 1.82) is 0 Å². The van der Waals surface area contributed by atoms with Gasteiger partial charge in [-0.2, -0.15) is 0 Å². The van der Waals surface area contributed by atoms with Gasteiger partial charge >= 0.3 is 5.97 Å². The fourth-order valence-corrected chi connectivity index (χ4v) is 1.86. The van der Waals surface area contributed by atoms with Gasteiger partial charge < -0.3 is 9.47 Å². The summed E-state index contributed by atoms with van der Waals surface area (Å²) in [5.74, 6) is -0.669. The molecule has 0 aromatic carbocycles. The number of hydrogen-bond donors (Lipinski definition) is 0. The van der Waals surface area contributed by atoms with Gasteiger partial charge in [0.1, 0.15) is 11.7 Å². The predicted octanol–water partition coefficient (Wildman–Crippen LogP) is 0.791. The monoisotopic (exact) mass is 200 g/mol. The van der Waals surface area contributed by atoms with Gasteiger partial charge in [-0.15, -0.1) is 0 Å². The minimum atomic E-state index is -0.534. The molecule has 0 N–H and O–H groups in total. The van der Waals surface area contributed by atoms with E-state index in [1.807, 2.05) is 0 Å². The van der Waals surface area contributed by atoms with Crippen molar-refractivity contribution in [2.75, 3.05) is 20.8 Å². The van der Waals surface area contributed by atoms with E-state index in [4.69, 9.17) is 4.74 Å². The minimum Gasteiger partial charge on any atom is -0.468 e. The Morgan fingerprint density at radius 2 is 2.14 bits per heavy atom. The van der Waals surface area contributed by atoms with Gasteiger partial charge in [-0.1, -0.05) is 0 Å².